The maximum absolute atomic E-state index is 11.8. The summed E-state index contributed by atoms with van der Waals surface area (Å²) >= 11 is 0. The van der Waals surface area contributed by atoms with Crippen LogP contribution in [0.2, 0.25) is 0 Å². The van der Waals surface area contributed by atoms with Crippen LogP contribution in [0, 0.1) is 0 Å². The number of hydrogen-bond acceptors (Lipinski definition) is 3. The first-order valence-electron chi connectivity index (χ1n) is 4.86. The molecule has 0 saturated carbocycles. The second kappa shape index (κ2) is 6.40. The number of rotatable bonds is 6. The Labute approximate surface area is 96.7 Å². The lowest BCUT2D eigenvalue weighted by Gasteiger charge is -2.03. The van der Waals surface area contributed by atoms with Gasteiger partial charge in [-0.2, -0.15) is 0 Å². The highest BCUT2D eigenvalue weighted by atomic mass is 32.2. The zero-order valence-electron chi connectivity index (χ0n) is 9.01. The van der Waals surface area contributed by atoms with Gasteiger partial charge in [0.15, 0.2) is 0 Å². The normalized spacial score (nSPS) is 12.3. The molecule has 0 aliphatic heterocycles. The van der Waals surface area contributed by atoms with Crippen molar-refractivity contribution in [3.63, 3.8) is 0 Å². The van der Waals surface area contributed by atoms with E-state index in [0.717, 1.165) is 0 Å². The monoisotopic (exact) mass is 242 g/mol. The van der Waals surface area contributed by atoms with E-state index < -0.39 is 16.8 Å². The Kier molecular flexibility index (Phi) is 5.14. The summed E-state index contributed by atoms with van der Waals surface area (Å²) in [6, 6.07) is 6.21. The Balaban J connectivity index is 2.68. The van der Waals surface area contributed by atoms with Crippen LogP contribution in [0.5, 0.6) is 0 Å². The number of ether oxygens (including phenoxy) is 1. The summed E-state index contributed by atoms with van der Waals surface area (Å²) in [5.41, 5.74) is 0.164. The van der Waals surface area contributed by atoms with Crippen molar-refractivity contribution < 1.29 is 18.8 Å². The first kappa shape index (κ1) is 12.9. The fourth-order valence-corrected chi connectivity index (χ4v) is 2.33. The molecule has 1 unspecified atom stereocenters. The van der Waals surface area contributed by atoms with Gasteiger partial charge < -0.3 is 9.84 Å². The number of methoxy groups -OCH3 is 1. The molecule has 0 aliphatic rings. The highest BCUT2D eigenvalue weighted by Crippen LogP contribution is 2.10. The van der Waals surface area contributed by atoms with Crippen molar-refractivity contribution in [3.8, 4) is 0 Å². The van der Waals surface area contributed by atoms with Gasteiger partial charge in [0.25, 0.3) is 0 Å². The summed E-state index contributed by atoms with van der Waals surface area (Å²) in [6.07, 6.45) is 0.695. The van der Waals surface area contributed by atoms with Crippen molar-refractivity contribution in [3.05, 3.63) is 29.8 Å². The number of aromatic carboxylic acids is 1. The van der Waals surface area contributed by atoms with Gasteiger partial charge >= 0.3 is 5.97 Å². The van der Waals surface area contributed by atoms with E-state index in [-0.39, 0.29) is 5.56 Å². The summed E-state index contributed by atoms with van der Waals surface area (Å²) in [6.45, 7) is 0.560. The van der Waals surface area contributed by atoms with Crippen molar-refractivity contribution in [2.75, 3.05) is 19.5 Å². The van der Waals surface area contributed by atoms with Crippen molar-refractivity contribution >= 4 is 16.8 Å². The van der Waals surface area contributed by atoms with Gasteiger partial charge in [0.05, 0.1) is 16.4 Å². The third kappa shape index (κ3) is 3.75. The van der Waals surface area contributed by atoms with Crippen molar-refractivity contribution in [1.82, 2.24) is 0 Å². The molecule has 0 spiro atoms. The Hall–Kier alpha value is -1.20. The summed E-state index contributed by atoms with van der Waals surface area (Å²) in [5, 5.41) is 8.79. The van der Waals surface area contributed by atoms with Crippen LogP contribution >= 0.6 is 0 Å². The lowest BCUT2D eigenvalue weighted by atomic mass is 10.2. The lowest BCUT2D eigenvalue weighted by Crippen LogP contribution is -2.03. The molecule has 1 aromatic carbocycles. The minimum atomic E-state index is -1.16. The molecule has 88 valence electrons. The van der Waals surface area contributed by atoms with E-state index in [1.165, 1.54) is 12.1 Å². The zero-order valence-corrected chi connectivity index (χ0v) is 9.83. The van der Waals surface area contributed by atoms with Crippen LogP contribution in [-0.2, 0) is 15.5 Å². The van der Waals surface area contributed by atoms with Crippen molar-refractivity contribution in [2.45, 2.75) is 11.3 Å². The molecule has 0 saturated heterocycles. The molecule has 5 heteroatoms. The molecule has 0 radical (unpaired) electrons. The van der Waals surface area contributed by atoms with Crippen molar-refractivity contribution in [1.29, 1.82) is 0 Å². The van der Waals surface area contributed by atoms with Crippen molar-refractivity contribution in [2.24, 2.45) is 0 Å². The predicted octanol–water partition coefficient (Wildman–Crippen LogP) is 1.53. The molecule has 0 heterocycles. The first-order chi connectivity index (χ1) is 7.65. The average Bonchev–Trinajstić information content (AvgIpc) is 2.29. The molecular formula is C11H14O4S. The summed E-state index contributed by atoms with van der Waals surface area (Å²) in [5.74, 6) is -0.521. The summed E-state index contributed by atoms with van der Waals surface area (Å²) in [7, 11) is 0.436. The number of benzene rings is 1. The number of carbonyl (C=O) groups is 1. The number of carboxylic acids is 1. The van der Waals surface area contributed by atoms with Gasteiger partial charge in [-0.3, -0.25) is 4.21 Å². The van der Waals surface area contributed by atoms with Crippen LogP contribution in [-0.4, -0.2) is 34.8 Å². The van der Waals surface area contributed by atoms with Crippen LogP contribution in [0.25, 0.3) is 0 Å². The molecule has 0 bridgehead atoms. The van der Waals surface area contributed by atoms with E-state index in [9.17, 15) is 9.00 Å². The van der Waals surface area contributed by atoms with E-state index in [2.05, 4.69) is 0 Å². The van der Waals surface area contributed by atoms with Crippen LogP contribution < -0.4 is 0 Å². The van der Waals surface area contributed by atoms with Crippen LogP contribution in [0.15, 0.2) is 29.2 Å². The van der Waals surface area contributed by atoms with Gasteiger partial charge in [0.2, 0.25) is 0 Å². The van der Waals surface area contributed by atoms with Gasteiger partial charge in [0, 0.05) is 24.4 Å². The second-order valence-corrected chi connectivity index (χ2v) is 4.80. The standard InChI is InChI=1S/C11H14O4S/c1-15-6-3-7-16(14)10-5-2-4-9(8-10)11(12)13/h2,4-5,8H,3,6-7H2,1H3,(H,12,13). The van der Waals surface area contributed by atoms with Gasteiger partial charge in [-0.15, -0.1) is 0 Å². The molecule has 0 aliphatic carbocycles. The van der Waals surface area contributed by atoms with E-state index in [0.29, 0.717) is 23.7 Å². The maximum atomic E-state index is 11.8. The molecule has 0 amide bonds. The van der Waals surface area contributed by atoms with Gasteiger partial charge in [-0.25, -0.2) is 4.79 Å². The molecule has 1 atom stereocenters. The van der Waals surface area contributed by atoms with E-state index in [1.807, 2.05) is 0 Å². The third-order valence-corrected chi connectivity index (χ3v) is 3.46. The Bertz CT molecular complexity index is 389. The van der Waals surface area contributed by atoms with Gasteiger partial charge in [-0.05, 0) is 24.6 Å². The molecule has 4 nitrogen and oxygen atoms in total. The Morgan fingerprint density at radius 2 is 2.25 bits per heavy atom. The van der Waals surface area contributed by atoms with E-state index >= 15 is 0 Å². The lowest BCUT2D eigenvalue weighted by molar-refractivity contribution is 0.0696. The highest BCUT2D eigenvalue weighted by molar-refractivity contribution is 7.85. The highest BCUT2D eigenvalue weighted by Gasteiger charge is 2.07. The van der Waals surface area contributed by atoms with Crippen LogP contribution in [0.1, 0.15) is 16.8 Å². The minimum absolute atomic E-state index is 0.164. The second-order valence-electron chi connectivity index (χ2n) is 3.23. The molecule has 16 heavy (non-hydrogen) atoms. The van der Waals surface area contributed by atoms with Crippen LogP contribution in [0.3, 0.4) is 0 Å². The fraction of sp³-hybridized carbons (Fsp3) is 0.364. The summed E-state index contributed by atoms with van der Waals surface area (Å²) in [4.78, 5) is 11.3. The Morgan fingerprint density at radius 3 is 2.88 bits per heavy atom. The fourth-order valence-electron chi connectivity index (χ4n) is 1.22. The molecule has 1 N–H and O–H groups in total. The topological polar surface area (TPSA) is 63.6 Å². The SMILES string of the molecule is COCCCS(=O)c1cccc(C(=O)O)c1. The number of hydrogen-bond donors (Lipinski definition) is 1. The van der Waals surface area contributed by atoms with Gasteiger partial charge in [-0.1, -0.05) is 6.07 Å². The van der Waals surface area contributed by atoms with E-state index in [4.69, 9.17) is 9.84 Å². The minimum Gasteiger partial charge on any atom is -0.478 e. The van der Waals surface area contributed by atoms with Gasteiger partial charge in [0.1, 0.15) is 0 Å². The average molecular weight is 242 g/mol. The molecule has 1 aromatic rings. The quantitative estimate of drug-likeness (QED) is 0.768. The third-order valence-electron chi connectivity index (χ3n) is 2.02. The molecule has 0 fully saturated rings. The first-order valence-corrected chi connectivity index (χ1v) is 6.17. The number of carboxylic acid groups (broad SMARTS) is 1. The molecule has 1 rings (SSSR count). The largest absolute Gasteiger partial charge is 0.478 e. The maximum Gasteiger partial charge on any atom is 0.335 e. The Morgan fingerprint density at radius 1 is 1.50 bits per heavy atom. The summed E-state index contributed by atoms with van der Waals surface area (Å²) < 4.78 is 16.6. The van der Waals surface area contributed by atoms with E-state index in [1.54, 1.807) is 19.2 Å². The molecular weight excluding hydrogens is 228 g/mol. The zero-order chi connectivity index (χ0) is 12.0. The molecule has 0 aromatic heterocycles. The van der Waals surface area contributed by atoms with Crippen LogP contribution in [0.4, 0.5) is 0 Å². The predicted molar refractivity (Wildman–Crippen MR) is 61.2 cm³/mol. The smallest absolute Gasteiger partial charge is 0.335 e.